The fraction of sp³-hybridized carbons (Fsp3) is 0.125. The third-order valence-corrected chi connectivity index (χ3v) is 3.14. The summed E-state index contributed by atoms with van der Waals surface area (Å²) in [5.41, 5.74) is 6.46. The van der Waals surface area contributed by atoms with Crippen molar-refractivity contribution in [1.29, 1.82) is 0 Å². The van der Waals surface area contributed by atoms with Crippen molar-refractivity contribution in [2.24, 2.45) is 0 Å². The van der Waals surface area contributed by atoms with Gasteiger partial charge in [-0.05, 0) is 12.1 Å². The average molecular weight is 280 g/mol. The van der Waals surface area contributed by atoms with Gasteiger partial charge in [-0.2, -0.15) is 5.10 Å². The summed E-state index contributed by atoms with van der Waals surface area (Å²) < 4.78 is 5.63. The van der Waals surface area contributed by atoms with Crippen LogP contribution < -0.4 is 15.8 Å². The average Bonchev–Trinajstić information content (AvgIpc) is 2.53. The quantitative estimate of drug-likeness (QED) is 0.555. The molecule has 106 valence electrons. The third-order valence-electron chi connectivity index (χ3n) is 3.14. The first-order valence-electron chi connectivity index (χ1n) is 6.76. The molecule has 0 spiro atoms. The zero-order valence-corrected chi connectivity index (χ0v) is 11.5. The number of anilines is 2. The number of fused-ring (bicyclic) bond motifs is 1. The topological polar surface area (TPSA) is 73.1 Å². The summed E-state index contributed by atoms with van der Waals surface area (Å²) in [7, 11) is 0. The zero-order valence-electron chi connectivity index (χ0n) is 11.5. The SMILES string of the molecule is Nc1ccccc1OCCNc1nncc2ccccc12. The molecule has 3 rings (SSSR count). The van der Waals surface area contributed by atoms with Crippen LogP contribution in [0.4, 0.5) is 11.5 Å². The predicted molar refractivity (Wildman–Crippen MR) is 84.4 cm³/mol. The van der Waals surface area contributed by atoms with Crippen molar-refractivity contribution in [1.82, 2.24) is 10.2 Å². The first kappa shape index (κ1) is 13.2. The molecular weight excluding hydrogens is 264 g/mol. The Morgan fingerprint density at radius 1 is 1.05 bits per heavy atom. The Kier molecular flexibility index (Phi) is 3.82. The smallest absolute Gasteiger partial charge is 0.156 e. The standard InChI is InChI=1S/C16H16N4O/c17-14-7-3-4-8-15(14)21-10-9-18-16-13-6-2-1-5-12(13)11-19-20-16/h1-8,11H,9-10,17H2,(H,18,20). The molecular formula is C16H16N4O. The molecule has 0 unspecified atom stereocenters. The van der Waals surface area contributed by atoms with E-state index in [9.17, 15) is 0 Å². The first-order chi connectivity index (χ1) is 10.3. The van der Waals surface area contributed by atoms with E-state index < -0.39 is 0 Å². The maximum atomic E-state index is 5.82. The van der Waals surface area contributed by atoms with Gasteiger partial charge in [-0.25, -0.2) is 0 Å². The number of hydrogen-bond donors (Lipinski definition) is 2. The minimum absolute atomic E-state index is 0.499. The maximum Gasteiger partial charge on any atom is 0.156 e. The van der Waals surface area contributed by atoms with Crippen molar-refractivity contribution in [3.8, 4) is 5.75 Å². The molecule has 0 amide bonds. The van der Waals surface area contributed by atoms with Gasteiger partial charge in [0.2, 0.25) is 0 Å². The molecule has 2 aromatic carbocycles. The van der Waals surface area contributed by atoms with Crippen LogP contribution in [0.5, 0.6) is 5.75 Å². The lowest BCUT2D eigenvalue weighted by Gasteiger charge is -2.10. The van der Waals surface area contributed by atoms with E-state index in [0.717, 1.165) is 16.6 Å². The Labute approximate surface area is 122 Å². The van der Waals surface area contributed by atoms with Crippen LogP contribution >= 0.6 is 0 Å². The van der Waals surface area contributed by atoms with Crippen molar-refractivity contribution in [2.45, 2.75) is 0 Å². The molecule has 0 bridgehead atoms. The number of rotatable bonds is 5. The second kappa shape index (κ2) is 6.09. The molecule has 0 saturated carbocycles. The lowest BCUT2D eigenvalue weighted by atomic mass is 10.2. The van der Waals surface area contributed by atoms with E-state index in [1.807, 2.05) is 48.5 Å². The fourth-order valence-electron chi connectivity index (χ4n) is 2.10. The minimum Gasteiger partial charge on any atom is -0.490 e. The highest BCUT2D eigenvalue weighted by Gasteiger charge is 2.02. The van der Waals surface area contributed by atoms with Gasteiger partial charge in [-0.1, -0.05) is 36.4 Å². The fourth-order valence-corrected chi connectivity index (χ4v) is 2.10. The Balaban J connectivity index is 1.61. The number of hydrogen-bond acceptors (Lipinski definition) is 5. The molecule has 21 heavy (non-hydrogen) atoms. The van der Waals surface area contributed by atoms with Crippen LogP contribution in [0.25, 0.3) is 10.8 Å². The summed E-state index contributed by atoms with van der Waals surface area (Å²) in [4.78, 5) is 0. The summed E-state index contributed by atoms with van der Waals surface area (Å²) in [5, 5.41) is 13.5. The molecule has 0 radical (unpaired) electrons. The van der Waals surface area contributed by atoms with Crippen molar-refractivity contribution < 1.29 is 4.74 Å². The van der Waals surface area contributed by atoms with Crippen LogP contribution in [-0.4, -0.2) is 23.3 Å². The number of nitrogens with one attached hydrogen (secondary N) is 1. The summed E-state index contributed by atoms with van der Waals surface area (Å²) in [6.45, 7) is 1.12. The van der Waals surface area contributed by atoms with Gasteiger partial charge in [0.25, 0.3) is 0 Å². The minimum atomic E-state index is 0.499. The highest BCUT2D eigenvalue weighted by atomic mass is 16.5. The van der Waals surface area contributed by atoms with Crippen LogP contribution in [-0.2, 0) is 0 Å². The number of nitrogens with two attached hydrogens (primary N) is 1. The molecule has 0 atom stereocenters. The van der Waals surface area contributed by atoms with Gasteiger partial charge < -0.3 is 15.8 Å². The number of para-hydroxylation sites is 2. The molecule has 0 aliphatic rings. The maximum absolute atomic E-state index is 5.82. The van der Waals surface area contributed by atoms with Crippen molar-refractivity contribution in [3.05, 3.63) is 54.7 Å². The summed E-state index contributed by atoms with van der Waals surface area (Å²) >= 11 is 0. The second-order valence-electron chi connectivity index (χ2n) is 4.59. The number of benzene rings is 2. The zero-order chi connectivity index (χ0) is 14.5. The highest BCUT2D eigenvalue weighted by molar-refractivity contribution is 5.90. The van der Waals surface area contributed by atoms with Crippen molar-refractivity contribution >= 4 is 22.3 Å². The Bertz CT molecular complexity index is 740. The molecule has 3 aromatic rings. The van der Waals surface area contributed by atoms with Gasteiger partial charge in [-0.15, -0.1) is 5.10 Å². The van der Waals surface area contributed by atoms with E-state index in [1.54, 1.807) is 6.20 Å². The largest absolute Gasteiger partial charge is 0.490 e. The lowest BCUT2D eigenvalue weighted by molar-refractivity contribution is 0.334. The van der Waals surface area contributed by atoms with Crippen molar-refractivity contribution in [3.63, 3.8) is 0 Å². The van der Waals surface area contributed by atoms with E-state index in [-0.39, 0.29) is 0 Å². The summed E-state index contributed by atoms with van der Waals surface area (Å²) in [6, 6.07) is 15.4. The predicted octanol–water partition coefficient (Wildman–Crippen LogP) is 2.70. The van der Waals surface area contributed by atoms with Gasteiger partial charge in [0.05, 0.1) is 18.4 Å². The number of nitrogen functional groups attached to an aromatic ring is 1. The normalized spacial score (nSPS) is 10.5. The van der Waals surface area contributed by atoms with Gasteiger partial charge in [0.1, 0.15) is 12.4 Å². The molecule has 5 nitrogen and oxygen atoms in total. The molecule has 0 aliphatic carbocycles. The Morgan fingerprint density at radius 2 is 1.86 bits per heavy atom. The monoisotopic (exact) mass is 280 g/mol. The van der Waals surface area contributed by atoms with Gasteiger partial charge in [0, 0.05) is 10.8 Å². The highest BCUT2D eigenvalue weighted by Crippen LogP contribution is 2.20. The number of ether oxygens (including phenoxy) is 1. The molecule has 1 heterocycles. The van der Waals surface area contributed by atoms with Crippen LogP contribution in [0.3, 0.4) is 0 Å². The van der Waals surface area contributed by atoms with E-state index in [0.29, 0.717) is 24.6 Å². The van der Waals surface area contributed by atoms with E-state index in [1.165, 1.54) is 0 Å². The lowest BCUT2D eigenvalue weighted by Crippen LogP contribution is -2.13. The molecule has 0 fully saturated rings. The van der Waals surface area contributed by atoms with Crippen LogP contribution in [0.2, 0.25) is 0 Å². The molecule has 1 aromatic heterocycles. The van der Waals surface area contributed by atoms with Crippen LogP contribution in [0.1, 0.15) is 0 Å². The Hall–Kier alpha value is -2.82. The van der Waals surface area contributed by atoms with Gasteiger partial charge in [-0.3, -0.25) is 0 Å². The molecule has 0 saturated heterocycles. The summed E-state index contributed by atoms with van der Waals surface area (Å²) in [6.07, 6.45) is 1.75. The van der Waals surface area contributed by atoms with E-state index >= 15 is 0 Å². The van der Waals surface area contributed by atoms with Gasteiger partial charge in [0.15, 0.2) is 5.82 Å². The number of nitrogens with zero attached hydrogens (tertiary/aromatic N) is 2. The number of aromatic nitrogens is 2. The van der Waals surface area contributed by atoms with Crippen LogP contribution in [0, 0.1) is 0 Å². The van der Waals surface area contributed by atoms with E-state index in [2.05, 4.69) is 15.5 Å². The molecule has 3 N–H and O–H groups in total. The summed E-state index contributed by atoms with van der Waals surface area (Å²) in [5.74, 6) is 1.46. The Morgan fingerprint density at radius 3 is 2.76 bits per heavy atom. The van der Waals surface area contributed by atoms with Gasteiger partial charge >= 0.3 is 0 Å². The van der Waals surface area contributed by atoms with Crippen LogP contribution in [0.15, 0.2) is 54.7 Å². The van der Waals surface area contributed by atoms with Crippen molar-refractivity contribution in [2.75, 3.05) is 24.2 Å². The molecule has 5 heteroatoms. The first-order valence-corrected chi connectivity index (χ1v) is 6.76. The second-order valence-corrected chi connectivity index (χ2v) is 4.59. The van der Waals surface area contributed by atoms with E-state index in [4.69, 9.17) is 10.5 Å². The molecule has 0 aliphatic heterocycles. The third kappa shape index (κ3) is 3.02.